The summed E-state index contributed by atoms with van der Waals surface area (Å²) >= 11 is 0. The highest BCUT2D eigenvalue weighted by Crippen LogP contribution is 1.98. The normalized spacial score (nSPS) is 11.5. The van der Waals surface area contributed by atoms with E-state index in [9.17, 15) is 0 Å². The van der Waals surface area contributed by atoms with Crippen molar-refractivity contribution in [3.63, 3.8) is 0 Å². The molecule has 13 heavy (non-hydrogen) atoms. The van der Waals surface area contributed by atoms with E-state index in [-0.39, 0.29) is 0 Å². The average molecular weight is 173 g/mol. The third-order valence-corrected chi connectivity index (χ3v) is 1.72. The molecule has 0 unspecified atom stereocenters. The second kappa shape index (κ2) is 6.18. The first-order chi connectivity index (χ1) is 6.43. The van der Waals surface area contributed by atoms with Crippen molar-refractivity contribution in [3.8, 4) is 0 Å². The molecule has 0 atom stereocenters. The lowest BCUT2D eigenvalue weighted by Crippen LogP contribution is -1.79. The second-order valence-corrected chi connectivity index (χ2v) is 2.82. The van der Waals surface area contributed by atoms with Gasteiger partial charge in [0.2, 0.25) is 0 Å². The molecule has 0 saturated carbocycles. The van der Waals surface area contributed by atoms with Crippen LogP contribution in [0, 0.1) is 0 Å². The molecular weight excluding hydrogens is 158 g/mol. The molecule has 0 aromatic carbocycles. The van der Waals surface area contributed by atoms with Gasteiger partial charge in [-0.05, 0) is 30.5 Å². The topological polar surface area (TPSA) is 12.9 Å². The molecule has 1 heterocycles. The first-order valence-corrected chi connectivity index (χ1v) is 4.64. The molecule has 0 amide bonds. The fourth-order valence-corrected chi connectivity index (χ4v) is 1.02. The molecule has 0 radical (unpaired) electrons. The zero-order valence-corrected chi connectivity index (χ0v) is 7.98. The molecule has 1 heteroatoms. The Morgan fingerprint density at radius 1 is 1.15 bits per heavy atom. The molecule has 0 fully saturated rings. The van der Waals surface area contributed by atoms with E-state index in [0.717, 1.165) is 12.8 Å². The van der Waals surface area contributed by atoms with Crippen LogP contribution in [0.1, 0.15) is 18.9 Å². The molecule has 0 saturated heterocycles. The number of hydrogen-bond acceptors (Lipinski definition) is 1. The molecule has 0 N–H and O–H groups in total. The van der Waals surface area contributed by atoms with Crippen molar-refractivity contribution in [1.29, 1.82) is 0 Å². The number of hydrogen-bond donors (Lipinski definition) is 0. The van der Waals surface area contributed by atoms with Crippen molar-refractivity contribution < 1.29 is 0 Å². The predicted octanol–water partition coefficient (Wildman–Crippen LogP) is 3.15. The lowest BCUT2D eigenvalue weighted by molar-refractivity contribution is 1.21. The minimum atomic E-state index is 0.983. The van der Waals surface area contributed by atoms with E-state index in [1.54, 1.807) is 0 Å². The number of nitrogens with zero attached hydrogens (tertiary/aromatic N) is 1. The molecule has 1 aromatic heterocycles. The van der Waals surface area contributed by atoms with Crippen LogP contribution in [0.3, 0.4) is 0 Å². The second-order valence-electron chi connectivity index (χ2n) is 2.82. The van der Waals surface area contributed by atoms with E-state index in [1.165, 1.54) is 5.56 Å². The number of allylic oxidation sites excluding steroid dienone is 4. The zero-order valence-electron chi connectivity index (χ0n) is 7.98. The van der Waals surface area contributed by atoms with Crippen molar-refractivity contribution in [1.82, 2.24) is 4.98 Å². The van der Waals surface area contributed by atoms with Gasteiger partial charge < -0.3 is 0 Å². The van der Waals surface area contributed by atoms with Gasteiger partial charge in [-0.3, -0.25) is 4.98 Å². The number of pyridine rings is 1. The van der Waals surface area contributed by atoms with E-state index in [2.05, 4.69) is 36.2 Å². The van der Waals surface area contributed by atoms with Crippen molar-refractivity contribution >= 4 is 0 Å². The Hall–Kier alpha value is -1.37. The van der Waals surface area contributed by atoms with Gasteiger partial charge in [-0.1, -0.05) is 31.2 Å². The van der Waals surface area contributed by atoms with Gasteiger partial charge in [-0.25, -0.2) is 0 Å². The van der Waals surface area contributed by atoms with E-state index < -0.39 is 0 Å². The summed E-state index contributed by atoms with van der Waals surface area (Å²) in [6.45, 7) is 2.13. The van der Waals surface area contributed by atoms with Crippen LogP contribution in [0.5, 0.6) is 0 Å². The largest absolute Gasteiger partial charge is 0.265 e. The van der Waals surface area contributed by atoms with Crippen LogP contribution < -0.4 is 0 Å². The standard InChI is InChI=1S/C12H15N/c1-2-3-4-5-6-7-12-8-10-13-11-9-12/h3-6,8-11H,2,7H2,1H3/b4-3-,6-5-. The summed E-state index contributed by atoms with van der Waals surface area (Å²) in [5, 5.41) is 0. The highest BCUT2D eigenvalue weighted by Gasteiger charge is 1.84. The molecule has 0 aliphatic carbocycles. The van der Waals surface area contributed by atoms with Crippen LogP contribution in [0.4, 0.5) is 0 Å². The third-order valence-electron chi connectivity index (χ3n) is 1.72. The minimum Gasteiger partial charge on any atom is -0.265 e. The molecular formula is C12H15N. The summed E-state index contributed by atoms with van der Waals surface area (Å²) in [4.78, 5) is 3.96. The van der Waals surface area contributed by atoms with Crippen LogP contribution in [0.15, 0.2) is 48.8 Å². The van der Waals surface area contributed by atoms with Crippen LogP contribution >= 0.6 is 0 Å². The maximum Gasteiger partial charge on any atom is 0.0270 e. The summed E-state index contributed by atoms with van der Waals surface area (Å²) in [6.07, 6.45) is 14.2. The van der Waals surface area contributed by atoms with E-state index in [0.29, 0.717) is 0 Å². The maximum absolute atomic E-state index is 3.96. The van der Waals surface area contributed by atoms with Gasteiger partial charge in [0.15, 0.2) is 0 Å². The van der Waals surface area contributed by atoms with Crippen LogP contribution in [0.25, 0.3) is 0 Å². The lowest BCUT2D eigenvalue weighted by atomic mass is 10.2. The van der Waals surface area contributed by atoms with Crippen LogP contribution in [0.2, 0.25) is 0 Å². The van der Waals surface area contributed by atoms with Gasteiger partial charge in [0.05, 0.1) is 0 Å². The Kier molecular flexibility index (Phi) is 4.62. The van der Waals surface area contributed by atoms with E-state index in [1.807, 2.05) is 24.5 Å². The molecule has 1 nitrogen and oxygen atoms in total. The summed E-state index contributed by atoms with van der Waals surface area (Å²) < 4.78 is 0. The molecule has 68 valence electrons. The SMILES string of the molecule is CC/C=C\C=C/Cc1ccncc1. The molecule has 0 aliphatic rings. The molecule has 0 bridgehead atoms. The first-order valence-electron chi connectivity index (χ1n) is 4.64. The molecule has 0 aliphatic heterocycles. The van der Waals surface area contributed by atoms with Gasteiger partial charge in [0.1, 0.15) is 0 Å². The summed E-state index contributed by atoms with van der Waals surface area (Å²) in [7, 11) is 0. The number of rotatable bonds is 4. The quantitative estimate of drug-likeness (QED) is 0.637. The smallest absolute Gasteiger partial charge is 0.0270 e. The van der Waals surface area contributed by atoms with Gasteiger partial charge in [-0.2, -0.15) is 0 Å². The van der Waals surface area contributed by atoms with Gasteiger partial charge in [-0.15, -0.1) is 0 Å². The maximum atomic E-state index is 3.96. The molecule has 0 spiro atoms. The third kappa shape index (κ3) is 4.26. The van der Waals surface area contributed by atoms with Crippen molar-refractivity contribution in [3.05, 3.63) is 54.4 Å². The van der Waals surface area contributed by atoms with Crippen LogP contribution in [-0.2, 0) is 6.42 Å². The Labute approximate surface area is 79.8 Å². The van der Waals surface area contributed by atoms with Crippen molar-refractivity contribution in [2.45, 2.75) is 19.8 Å². The molecule has 1 rings (SSSR count). The van der Waals surface area contributed by atoms with E-state index >= 15 is 0 Å². The highest BCUT2D eigenvalue weighted by molar-refractivity contribution is 5.15. The Morgan fingerprint density at radius 2 is 1.85 bits per heavy atom. The Bertz CT molecular complexity index is 272. The predicted molar refractivity (Wildman–Crippen MR) is 56.5 cm³/mol. The van der Waals surface area contributed by atoms with Gasteiger partial charge in [0.25, 0.3) is 0 Å². The first kappa shape index (κ1) is 9.72. The number of aromatic nitrogens is 1. The monoisotopic (exact) mass is 173 g/mol. The summed E-state index contributed by atoms with van der Waals surface area (Å²) in [5.41, 5.74) is 1.30. The van der Waals surface area contributed by atoms with Crippen LogP contribution in [-0.4, -0.2) is 4.98 Å². The van der Waals surface area contributed by atoms with Gasteiger partial charge in [0, 0.05) is 12.4 Å². The van der Waals surface area contributed by atoms with E-state index in [4.69, 9.17) is 0 Å². The highest BCUT2D eigenvalue weighted by atomic mass is 14.6. The van der Waals surface area contributed by atoms with Crippen molar-refractivity contribution in [2.24, 2.45) is 0 Å². The van der Waals surface area contributed by atoms with Gasteiger partial charge >= 0.3 is 0 Å². The Morgan fingerprint density at radius 3 is 2.54 bits per heavy atom. The fraction of sp³-hybridized carbons (Fsp3) is 0.250. The van der Waals surface area contributed by atoms with Crippen molar-refractivity contribution in [2.75, 3.05) is 0 Å². The average Bonchev–Trinajstić information content (AvgIpc) is 2.19. The fourth-order valence-electron chi connectivity index (χ4n) is 1.02. The summed E-state index contributed by atoms with van der Waals surface area (Å²) in [5.74, 6) is 0. The zero-order chi connectivity index (χ0) is 9.36. The minimum absolute atomic E-state index is 0.983. The molecule has 1 aromatic rings. The Balaban J connectivity index is 2.35. The summed E-state index contributed by atoms with van der Waals surface area (Å²) in [6, 6.07) is 4.07. The lowest BCUT2D eigenvalue weighted by Gasteiger charge is -1.92.